The molecule has 0 aliphatic carbocycles. The van der Waals surface area contributed by atoms with Crippen molar-refractivity contribution >= 4 is 17.1 Å². The van der Waals surface area contributed by atoms with Crippen LogP contribution >= 0.6 is 11.6 Å². The molecule has 0 fully saturated rings. The number of hydrogen-bond donors (Lipinski definition) is 1. The molecule has 4 heteroatoms. The average molecular weight is 210 g/mol. The Kier molecular flexibility index (Phi) is 2.44. The maximum absolute atomic E-state index is 5.92. The Balaban J connectivity index is 2.75. The van der Waals surface area contributed by atoms with Gasteiger partial charge in [0.15, 0.2) is 0 Å². The summed E-state index contributed by atoms with van der Waals surface area (Å²) in [6.07, 6.45) is 2.82. The number of fused-ring (bicyclic) bond motifs is 1. The van der Waals surface area contributed by atoms with Crippen LogP contribution in [0.1, 0.15) is 18.4 Å². The van der Waals surface area contributed by atoms with Gasteiger partial charge in [-0.15, -0.1) is 0 Å². The first kappa shape index (κ1) is 9.49. The average Bonchev–Trinajstić information content (AvgIpc) is 2.55. The summed E-state index contributed by atoms with van der Waals surface area (Å²) < 4.78 is 2.04. The first-order valence-electron chi connectivity index (χ1n) is 4.61. The highest BCUT2D eigenvalue weighted by molar-refractivity contribution is 6.30. The van der Waals surface area contributed by atoms with E-state index in [2.05, 4.69) is 11.9 Å². The van der Waals surface area contributed by atoms with Crippen molar-refractivity contribution in [3.05, 3.63) is 34.9 Å². The Morgan fingerprint density at radius 2 is 2.36 bits per heavy atom. The quantitative estimate of drug-likeness (QED) is 0.823. The molecule has 0 saturated carbocycles. The SMILES string of the molecule is CCc1nc(CN)c2cc(Cl)ccn12. The lowest BCUT2D eigenvalue weighted by atomic mass is 10.3. The molecule has 14 heavy (non-hydrogen) atoms. The van der Waals surface area contributed by atoms with Gasteiger partial charge < -0.3 is 10.1 Å². The molecule has 0 saturated heterocycles. The van der Waals surface area contributed by atoms with Gasteiger partial charge in [0.1, 0.15) is 5.82 Å². The molecule has 0 radical (unpaired) electrons. The zero-order valence-corrected chi connectivity index (χ0v) is 8.75. The van der Waals surface area contributed by atoms with E-state index in [0.29, 0.717) is 6.54 Å². The van der Waals surface area contributed by atoms with Crippen molar-refractivity contribution in [2.24, 2.45) is 5.73 Å². The molecule has 2 aromatic heterocycles. The van der Waals surface area contributed by atoms with E-state index in [1.165, 1.54) is 0 Å². The lowest BCUT2D eigenvalue weighted by molar-refractivity contribution is 0.915. The van der Waals surface area contributed by atoms with Crippen molar-refractivity contribution in [3.8, 4) is 0 Å². The fourth-order valence-electron chi connectivity index (χ4n) is 1.59. The number of aryl methyl sites for hydroxylation is 1. The highest BCUT2D eigenvalue weighted by Gasteiger charge is 2.08. The van der Waals surface area contributed by atoms with E-state index in [-0.39, 0.29) is 0 Å². The minimum atomic E-state index is 0.448. The molecule has 0 aliphatic heterocycles. The second kappa shape index (κ2) is 3.59. The predicted octanol–water partition coefficient (Wildman–Crippen LogP) is 2.01. The topological polar surface area (TPSA) is 43.3 Å². The largest absolute Gasteiger partial charge is 0.325 e. The fourth-order valence-corrected chi connectivity index (χ4v) is 1.75. The molecular formula is C10H12ClN3. The van der Waals surface area contributed by atoms with Gasteiger partial charge in [-0.1, -0.05) is 18.5 Å². The Morgan fingerprint density at radius 1 is 1.57 bits per heavy atom. The van der Waals surface area contributed by atoms with Crippen LogP contribution in [0, 0.1) is 0 Å². The van der Waals surface area contributed by atoms with E-state index in [4.69, 9.17) is 17.3 Å². The van der Waals surface area contributed by atoms with Crippen molar-refractivity contribution < 1.29 is 0 Å². The molecule has 74 valence electrons. The lowest BCUT2D eigenvalue weighted by Gasteiger charge is -1.98. The molecule has 3 nitrogen and oxygen atoms in total. The van der Waals surface area contributed by atoms with Gasteiger partial charge >= 0.3 is 0 Å². The molecule has 0 aliphatic rings. The van der Waals surface area contributed by atoms with Crippen LogP contribution in [-0.2, 0) is 13.0 Å². The van der Waals surface area contributed by atoms with Crippen molar-refractivity contribution in [2.45, 2.75) is 19.9 Å². The van der Waals surface area contributed by atoms with Gasteiger partial charge in [0, 0.05) is 24.2 Å². The fraction of sp³-hybridized carbons (Fsp3) is 0.300. The number of nitrogens with two attached hydrogens (primary N) is 1. The van der Waals surface area contributed by atoms with Crippen molar-refractivity contribution in [3.63, 3.8) is 0 Å². The summed E-state index contributed by atoms with van der Waals surface area (Å²) in [4.78, 5) is 4.45. The van der Waals surface area contributed by atoms with Crippen molar-refractivity contribution in [1.82, 2.24) is 9.38 Å². The summed E-state index contributed by atoms with van der Waals surface area (Å²) >= 11 is 5.92. The number of aromatic nitrogens is 2. The summed E-state index contributed by atoms with van der Waals surface area (Å²) in [6.45, 7) is 2.52. The van der Waals surface area contributed by atoms with Crippen LogP contribution in [0.25, 0.3) is 5.52 Å². The third-order valence-electron chi connectivity index (χ3n) is 2.26. The van der Waals surface area contributed by atoms with Crippen molar-refractivity contribution in [2.75, 3.05) is 0 Å². The van der Waals surface area contributed by atoms with Gasteiger partial charge in [-0.2, -0.15) is 0 Å². The summed E-state index contributed by atoms with van der Waals surface area (Å²) in [6, 6.07) is 3.76. The number of nitrogens with zero attached hydrogens (tertiary/aromatic N) is 2. The second-order valence-corrected chi connectivity index (χ2v) is 3.57. The van der Waals surface area contributed by atoms with E-state index in [9.17, 15) is 0 Å². The Morgan fingerprint density at radius 3 is 3.00 bits per heavy atom. The maximum atomic E-state index is 5.92. The van der Waals surface area contributed by atoms with Crippen LogP contribution in [0.5, 0.6) is 0 Å². The lowest BCUT2D eigenvalue weighted by Crippen LogP contribution is -1.97. The Labute approximate surface area is 87.5 Å². The summed E-state index contributed by atoms with van der Waals surface area (Å²) in [7, 11) is 0. The third-order valence-corrected chi connectivity index (χ3v) is 2.50. The maximum Gasteiger partial charge on any atom is 0.113 e. The van der Waals surface area contributed by atoms with E-state index in [0.717, 1.165) is 28.5 Å². The van der Waals surface area contributed by atoms with Gasteiger partial charge in [-0.25, -0.2) is 4.98 Å². The van der Waals surface area contributed by atoms with E-state index >= 15 is 0 Å². The number of pyridine rings is 1. The molecule has 0 amide bonds. The van der Waals surface area contributed by atoms with Gasteiger partial charge in [0.25, 0.3) is 0 Å². The molecule has 2 rings (SSSR count). The van der Waals surface area contributed by atoms with Gasteiger partial charge in [-0.05, 0) is 12.1 Å². The monoisotopic (exact) mass is 209 g/mol. The number of halogens is 1. The Bertz CT molecular complexity index is 462. The second-order valence-electron chi connectivity index (χ2n) is 3.13. The highest BCUT2D eigenvalue weighted by Crippen LogP contribution is 2.18. The van der Waals surface area contributed by atoms with Gasteiger partial charge in [0.2, 0.25) is 0 Å². The number of imidazole rings is 1. The zero-order chi connectivity index (χ0) is 10.1. The third kappa shape index (κ3) is 1.38. The first-order chi connectivity index (χ1) is 6.76. The molecule has 2 heterocycles. The van der Waals surface area contributed by atoms with Crippen LogP contribution in [0.2, 0.25) is 5.02 Å². The summed E-state index contributed by atoms with van der Waals surface area (Å²) in [5.74, 6) is 1.03. The van der Waals surface area contributed by atoms with Crippen LogP contribution in [0.3, 0.4) is 0 Å². The minimum Gasteiger partial charge on any atom is -0.325 e. The molecular weight excluding hydrogens is 198 g/mol. The standard InChI is InChI=1S/C10H12ClN3/c1-2-10-13-8(6-12)9-5-7(11)3-4-14(9)10/h3-5H,2,6,12H2,1H3. The van der Waals surface area contributed by atoms with Crippen LogP contribution in [0.15, 0.2) is 18.3 Å². The van der Waals surface area contributed by atoms with Crippen LogP contribution in [0.4, 0.5) is 0 Å². The minimum absolute atomic E-state index is 0.448. The van der Waals surface area contributed by atoms with Gasteiger partial charge in [0.05, 0.1) is 11.2 Å². The number of hydrogen-bond acceptors (Lipinski definition) is 2. The van der Waals surface area contributed by atoms with Crippen LogP contribution < -0.4 is 5.73 Å². The molecule has 0 atom stereocenters. The van der Waals surface area contributed by atoms with E-state index < -0.39 is 0 Å². The zero-order valence-electron chi connectivity index (χ0n) is 8.00. The Hall–Kier alpha value is -1.06. The molecule has 2 N–H and O–H groups in total. The van der Waals surface area contributed by atoms with Gasteiger partial charge in [-0.3, -0.25) is 0 Å². The normalized spacial score (nSPS) is 11.1. The summed E-state index contributed by atoms with van der Waals surface area (Å²) in [5, 5.41) is 0.717. The molecule has 0 unspecified atom stereocenters. The molecule has 0 spiro atoms. The van der Waals surface area contributed by atoms with E-state index in [1.54, 1.807) is 0 Å². The molecule has 0 aromatic carbocycles. The molecule has 0 bridgehead atoms. The summed E-state index contributed by atoms with van der Waals surface area (Å²) in [5.41, 5.74) is 7.53. The van der Waals surface area contributed by atoms with E-state index in [1.807, 2.05) is 22.7 Å². The highest BCUT2D eigenvalue weighted by atomic mass is 35.5. The predicted molar refractivity (Wildman–Crippen MR) is 57.5 cm³/mol. The van der Waals surface area contributed by atoms with Crippen molar-refractivity contribution in [1.29, 1.82) is 0 Å². The number of rotatable bonds is 2. The first-order valence-corrected chi connectivity index (χ1v) is 4.99. The van der Waals surface area contributed by atoms with Crippen LogP contribution in [-0.4, -0.2) is 9.38 Å². The molecule has 2 aromatic rings. The smallest absolute Gasteiger partial charge is 0.113 e.